The summed E-state index contributed by atoms with van der Waals surface area (Å²) in [6, 6.07) is 12.9. The molecular formula is C23H30N4O4. The summed E-state index contributed by atoms with van der Waals surface area (Å²) in [6.07, 6.45) is 0. The minimum absolute atomic E-state index is 0.194. The normalized spacial score (nSPS) is 11.4. The van der Waals surface area contributed by atoms with Gasteiger partial charge in [0.1, 0.15) is 11.8 Å². The predicted molar refractivity (Wildman–Crippen MR) is 120 cm³/mol. The van der Waals surface area contributed by atoms with Gasteiger partial charge in [-0.25, -0.2) is 0 Å². The topological polar surface area (TPSA) is 99.8 Å². The first-order valence-electron chi connectivity index (χ1n) is 10.1. The Morgan fingerprint density at radius 2 is 1.61 bits per heavy atom. The summed E-state index contributed by atoms with van der Waals surface area (Å²) in [5.74, 6) is -0.871. The van der Waals surface area contributed by atoms with Crippen molar-refractivity contribution in [1.82, 2.24) is 16.2 Å². The van der Waals surface area contributed by atoms with Crippen LogP contribution in [0.5, 0.6) is 5.75 Å². The molecule has 8 nitrogen and oxygen atoms in total. The minimum atomic E-state index is -0.826. The lowest BCUT2D eigenvalue weighted by Gasteiger charge is -2.22. The molecule has 0 fully saturated rings. The Bertz CT molecular complexity index is 910. The molecule has 0 aliphatic carbocycles. The van der Waals surface area contributed by atoms with Crippen LogP contribution >= 0.6 is 0 Å². The number of hydrazine groups is 1. The van der Waals surface area contributed by atoms with Gasteiger partial charge in [-0.1, -0.05) is 19.9 Å². The molecule has 8 heteroatoms. The lowest BCUT2D eigenvalue weighted by atomic mass is 10.0. The van der Waals surface area contributed by atoms with Gasteiger partial charge < -0.3 is 15.0 Å². The number of amides is 3. The Kier molecular flexibility index (Phi) is 8.43. The molecule has 2 rings (SSSR count). The van der Waals surface area contributed by atoms with Crippen molar-refractivity contribution in [2.24, 2.45) is 5.92 Å². The van der Waals surface area contributed by atoms with E-state index in [-0.39, 0.29) is 11.8 Å². The molecule has 0 saturated carbocycles. The van der Waals surface area contributed by atoms with Crippen LogP contribution < -0.4 is 25.8 Å². The Morgan fingerprint density at radius 1 is 0.935 bits per heavy atom. The molecule has 1 atom stereocenters. The second kappa shape index (κ2) is 11.0. The highest BCUT2D eigenvalue weighted by atomic mass is 16.5. The molecule has 0 aliphatic heterocycles. The highest BCUT2D eigenvalue weighted by molar-refractivity contribution is 5.99. The lowest BCUT2D eigenvalue weighted by molar-refractivity contribution is -0.124. The second-order valence-electron chi connectivity index (χ2n) is 7.54. The second-order valence-corrected chi connectivity index (χ2v) is 7.54. The molecule has 0 bridgehead atoms. The largest absolute Gasteiger partial charge is 0.494 e. The van der Waals surface area contributed by atoms with Crippen LogP contribution in [0.1, 0.15) is 41.5 Å². The van der Waals surface area contributed by atoms with E-state index in [9.17, 15) is 14.4 Å². The third kappa shape index (κ3) is 6.74. The zero-order chi connectivity index (χ0) is 23.0. The number of anilines is 1. The molecule has 0 spiro atoms. The maximum atomic E-state index is 12.6. The van der Waals surface area contributed by atoms with Crippen molar-refractivity contribution in [3.63, 3.8) is 0 Å². The summed E-state index contributed by atoms with van der Waals surface area (Å²) in [5.41, 5.74) is 6.50. The Hall–Kier alpha value is -3.55. The number of nitrogens with one attached hydrogen (secondary N) is 3. The average molecular weight is 427 g/mol. The zero-order valence-electron chi connectivity index (χ0n) is 18.6. The molecule has 0 aliphatic rings. The lowest BCUT2D eigenvalue weighted by Crippen LogP contribution is -2.54. The van der Waals surface area contributed by atoms with E-state index in [1.807, 2.05) is 45.8 Å². The van der Waals surface area contributed by atoms with Crippen molar-refractivity contribution in [3.8, 4) is 5.75 Å². The Labute approximate surface area is 182 Å². The van der Waals surface area contributed by atoms with Gasteiger partial charge in [0.25, 0.3) is 17.7 Å². The van der Waals surface area contributed by atoms with E-state index in [1.54, 1.807) is 42.5 Å². The summed E-state index contributed by atoms with van der Waals surface area (Å²) >= 11 is 0. The summed E-state index contributed by atoms with van der Waals surface area (Å²) in [6.45, 7) is 6.03. The molecule has 2 aromatic rings. The SMILES string of the molecule is CCOc1ccc(C(=O)N[C@H](C(=O)NNC(=O)c2cccc(N(C)C)c2)C(C)C)cc1. The molecule has 166 valence electrons. The molecule has 0 unspecified atom stereocenters. The number of carbonyl (C=O) groups is 3. The summed E-state index contributed by atoms with van der Waals surface area (Å²) in [5, 5.41) is 2.72. The summed E-state index contributed by atoms with van der Waals surface area (Å²) in [7, 11) is 3.75. The van der Waals surface area contributed by atoms with E-state index < -0.39 is 17.9 Å². The number of ether oxygens (including phenoxy) is 1. The van der Waals surface area contributed by atoms with Crippen molar-refractivity contribution in [3.05, 3.63) is 59.7 Å². The first kappa shape index (κ1) is 23.7. The van der Waals surface area contributed by atoms with Crippen LogP contribution in [-0.4, -0.2) is 44.5 Å². The van der Waals surface area contributed by atoms with Crippen LogP contribution in [0, 0.1) is 5.92 Å². The first-order chi connectivity index (χ1) is 14.7. The van der Waals surface area contributed by atoms with Crippen LogP contribution in [-0.2, 0) is 4.79 Å². The molecule has 31 heavy (non-hydrogen) atoms. The van der Waals surface area contributed by atoms with E-state index in [0.29, 0.717) is 23.5 Å². The number of rotatable bonds is 8. The van der Waals surface area contributed by atoms with E-state index >= 15 is 0 Å². The zero-order valence-corrected chi connectivity index (χ0v) is 18.6. The molecule has 0 radical (unpaired) electrons. The number of hydrogen-bond acceptors (Lipinski definition) is 5. The van der Waals surface area contributed by atoms with E-state index in [0.717, 1.165) is 5.69 Å². The van der Waals surface area contributed by atoms with Crippen molar-refractivity contribution < 1.29 is 19.1 Å². The predicted octanol–water partition coefficient (Wildman–Crippen LogP) is 2.37. The molecule has 0 heterocycles. The average Bonchev–Trinajstić information content (AvgIpc) is 2.76. The van der Waals surface area contributed by atoms with Crippen molar-refractivity contribution in [2.75, 3.05) is 25.6 Å². The molecule has 0 saturated heterocycles. The number of nitrogens with zero attached hydrogens (tertiary/aromatic N) is 1. The fraction of sp³-hybridized carbons (Fsp3) is 0.348. The fourth-order valence-corrected chi connectivity index (χ4v) is 2.82. The summed E-state index contributed by atoms with van der Waals surface area (Å²) in [4.78, 5) is 39.5. The standard InChI is InChI=1S/C23H30N4O4/c1-6-31-19-12-10-16(11-13-19)21(28)24-20(15(2)3)23(30)26-25-22(29)17-8-7-9-18(14-17)27(4)5/h7-15,20H,6H2,1-5H3,(H,24,28)(H,25,29)(H,26,30)/t20-/m0/s1. The van der Waals surface area contributed by atoms with Crippen molar-refractivity contribution in [2.45, 2.75) is 26.8 Å². The molecule has 3 amide bonds. The Morgan fingerprint density at radius 3 is 2.19 bits per heavy atom. The van der Waals surface area contributed by atoms with E-state index in [1.165, 1.54) is 0 Å². The maximum Gasteiger partial charge on any atom is 0.269 e. The van der Waals surface area contributed by atoms with Gasteiger partial charge >= 0.3 is 0 Å². The van der Waals surface area contributed by atoms with E-state index in [2.05, 4.69) is 16.2 Å². The number of carbonyl (C=O) groups excluding carboxylic acids is 3. The molecular weight excluding hydrogens is 396 g/mol. The fourth-order valence-electron chi connectivity index (χ4n) is 2.82. The van der Waals surface area contributed by atoms with E-state index in [4.69, 9.17) is 4.74 Å². The van der Waals surface area contributed by atoms with Crippen molar-refractivity contribution in [1.29, 1.82) is 0 Å². The smallest absolute Gasteiger partial charge is 0.269 e. The molecule has 0 aromatic heterocycles. The third-order valence-electron chi connectivity index (χ3n) is 4.59. The third-order valence-corrected chi connectivity index (χ3v) is 4.59. The van der Waals surface area contributed by atoms with Gasteiger partial charge in [0.15, 0.2) is 0 Å². The first-order valence-corrected chi connectivity index (χ1v) is 10.1. The van der Waals surface area contributed by atoms with Gasteiger partial charge in [-0.3, -0.25) is 25.2 Å². The highest BCUT2D eigenvalue weighted by Gasteiger charge is 2.25. The van der Waals surface area contributed by atoms with Gasteiger partial charge in [-0.2, -0.15) is 0 Å². The summed E-state index contributed by atoms with van der Waals surface area (Å²) < 4.78 is 5.37. The van der Waals surface area contributed by atoms with Crippen LogP contribution in [0.4, 0.5) is 5.69 Å². The monoisotopic (exact) mass is 426 g/mol. The van der Waals surface area contributed by atoms with Gasteiger partial charge in [-0.05, 0) is 55.3 Å². The van der Waals surface area contributed by atoms with Gasteiger partial charge in [-0.15, -0.1) is 0 Å². The molecule has 2 aromatic carbocycles. The van der Waals surface area contributed by atoms with Crippen LogP contribution in [0.3, 0.4) is 0 Å². The minimum Gasteiger partial charge on any atom is -0.494 e. The highest BCUT2D eigenvalue weighted by Crippen LogP contribution is 2.14. The van der Waals surface area contributed by atoms with Gasteiger partial charge in [0, 0.05) is 30.9 Å². The maximum absolute atomic E-state index is 12.6. The van der Waals surface area contributed by atoms with Gasteiger partial charge in [0.2, 0.25) is 0 Å². The van der Waals surface area contributed by atoms with Crippen LogP contribution in [0.15, 0.2) is 48.5 Å². The number of hydrogen-bond donors (Lipinski definition) is 3. The quantitative estimate of drug-likeness (QED) is 0.563. The van der Waals surface area contributed by atoms with Crippen molar-refractivity contribution >= 4 is 23.4 Å². The molecule has 3 N–H and O–H groups in total. The Balaban J connectivity index is 1.99. The van der Waals surface area contributed by atoms with Crippen LogP contribution in [0.2, 0.25) is 0 Å². The number of benzene rings is 2. The van der Waals surface area contributed by atoms with Crippen LogP contribution in [0.25, 0.3) is 0 Å². The van der Waals surface area contributed by atoms with Gasteiger partial charge in [0.05, 0.1) is 6.61 Å².